The van der Waals surface area contributed by atoms with Crippen molar-refractivity contribution in [3.63, 3.8) is 0 Å². The Bertz CT molecular complexity index is 910. The van der Waals surface area contributed by atoms with Crippen molar-refractivity contribution in [3.8, 4) is 0 Å². The fraction of sp³-hybridized carbons (Fsp3) is 0.500. The average Bonchev–Trinajstić information content (AvgIpc) is 3.18. The van der Waals surface area contributed by atoms with Gasteiger partial charge in [0.1, 0.15) is 10.6 Å². The summed E-state index contributed by atoms with van der Waals surface area (Å²) in [6.45, 7) is 3.25. The number of sulfone groups is 1. The highest BCUT2D eigenvalue weighted by atomic mass is 32.2. The van der Waals surface area contributed by atoms with Crippen LogP contribution in [0.4, 0.5) is 0 Å². The topological polar surface area (TPSA) is 97.6 Å². The van der Waals surface area contributed by atoms with Crippen LogP contribution in [0.5, 0.6) is 0 Å². The lowest BCUT2D eigenvalue weighted by atomic mass is 10.2. The van der Waals surface area contributed by atoms with Crippen molar-refractivity contribution in [2.45, 2.75) is 37.8 Å². The van der Waals surface area contributed by atoms with E-state index in [0.717, 1.165) is 4.88 Å². The number of sulfonamides is 1. The summed E-state index contributed by atoms with van der Waals surface area (Å²) >= 11 is 1.44. The van der Waals surface area contributed by atoms with Gasteiger partial charge in [-0.15, -0.1) is 11.3 Å². The summed E-state index contributed by atoms with van der Waals surface area (Å²) in [6.07, 6.45) is 0.302. The molecule has 2 aromatic heterocycles. The minimum Gasteiger partial charge on any atom is -0.360 e. The molecule has 0 unspecified atom stereocenters. The molecular weight excluding hydrogens is 372 g/mol. The summed E-state index contributed by atoms with van der Waals surface area (Å²) in [5.41, 5.74) is 0.282. The molecule has 0 aromatic carbocycles. The zero-order chi connectivity index (χ0) is 17.5. The van der Waals surface area contributed by atoms with Gasteiger partial charge in [-0.3, -0.25) is 0 Å². The molecule has 1 atom stereocenters. The predicted molar refractivity (Wildman–Crippen MR) is 90.1 cm³/mol. The molecule has 0 amide bonds. The van der Waals surface area contributed by atoms with Gasteiger partial charge in [-0.25, -0.2) is 16.8 Å². The van der Waals surface area contributed by atoms with Crippen LogP contribution < -0.4 is 0 Å². The van der Waals surface area contributed by atoms with Crippen molar-refractivity contribution in [2.24, 2.45) is 0 Å². The minimum atomic E-state index is -3.91. The molecule has 1 fully saturated rings. The summed E-state index contributed by atoms with van der Waals surface area (Å²) in [6, 6.07) is 3.10. The zero-order valence-corrected chi connectivity index (χ0v) is 15.7. The standard InChI is InChI=1S/C14H18N2O5S3/c1-10-14(11(2)21-15-10)24(19,20)16(8-13-4-3-6-22-13)12-5-7-23(17,18)9-12/h3-4,6,12H,5,7-9H2,1-2H3/t12-/m1/s1. The third-order valence-corrected chi connectivity index (χ3v) is 8.80. The second kappa shape index (κ2) is 6.25. The Balaban J connectivity index is 2.04. The van der Waals surface area contributed by atoms with Crippen LogP contribution in [-0.2, 0) is 26.4 Å². The molecule has 0 aliphatic carbocycles. The first-order valence-electron chi connectivity index (χ1n) is 7.38. The second-order valence-electron chi connectivity index (χ2n) is 5.84. The molecule has 2 aromatic rings. The highest BCUT2D eigenvalue weighted by molar-refractivity contribution is 7.92. The van der Waals surface area contributed by atoms with Crippen LogP contribution in [0.1, 0.15) is 22.8 Å². The van der Waals surface area contributed by atoms with E-state index in [1.54, 1.807) is 13.8 Å². The maximum Gasteiger partial charge on any atom is 0.249 e. The van der Waals surface area contributed by atoms with Crippen molar-refractivity contribution in [3.05, 3.63) is 33.8 Å². The van der Waals surface area contributed by atoms with Crippen LogP contribution in [0.15, 0.2) is 26.9 Å². The lowest BCUT2D eigenvalue weighted by molar-refractivity contribution is 0.335. The van der Waals surface area contributed by atoms with Gasteiger partial charge in [0.15, 0.2) is 15.6 Å². The molecule has 0 spiro atoms. The predicted octanol–water partition coefficient (Wildman–Crippen LogP) is 1.73. The maximum atomic E-state index is 13.2. The fourth-order valence-electron chi connectivity index (χ4n) is 2.93. The van der Waals surface area contributed by atoms with Crippen molar-refractivity contribution in [2.75, 3.05) is 11.5 Å². The van der Waals surface area contributed by atoms with E-state index in [1.165, 1.54) is 15.6 Å². The van der Waals surface area contributed by atoms with Crippen molar-refractivity contribution in [1.82, 2.24) is 9.46 Å². The van der Waals surface area contributed by atoms with Crippen LogP contribution in [0.25, 0.3) is 0 Å². The van der Waals surface area contributed by atoms with Crippen LogP contribution in [0.3, 0.4) is 0 Å². The molecule has 1 saturated heterocycles. The van der Waals surface area contributed by atoms with Gasteiger partial charge in [-0.05, 0) is 31.7 Å². The summed E-state index contributed by atoms with van der Waals surface area (Å²) in [4.78, 5) is 0.887. The first-order chi connectivity index (χ1) is 11.2. The Morgan fingerprint density at radius 3 is 2.67 bits per heavy atom. The van der Waals surface area contributed by atoms with E-state index < -0.39 is 25.9 Å². The third-order valence-electron chi connectivity index (χ3n) is 4.04. The summed E-state index contributed by atoms with van der Waals surface area (Å²) in [5.74, 6) is 0.0704. The molecule has 132 valence electrons. The van der Waals surface area contributed by atoms with Crippen LogP contribution in [0.2, 0.25) is 0 Å². The highest BCUT2D eigenvalue weighted by Gasteiger charge is 2.41. The first kappa shape index (κ1) is 17.6. The molecule has 24 heavy (non-hydrogen) atoms. The number of aromatic nitrogens is 1. The average molecular weight is 391 g/mol. The molecule has 7 nitrogen and oxygen atoms in total. The number of aryl methyl sites for hydroxylation is 2. The van der Waals surface area contributed by atoms with Gasteiger partial charge in [-0.1, -0.05) is 11.2 Å². The number of hydrogen-bond acceptors (Lipinski definition) is 7. The van der Waals surface area contributed by atoms with E-state index in [0.29, 0.717) is 6.42 Å². The maximum absolute atomic E-state index is 13.2. The quantitative estimate of drug-likeness (QED) is 0.771. The molecule has 10 heteroatoms. The molecule has 0 saturated carbocycles. The SMILES string of the molecule is Cc1noc(C)c1S(=O)(=O)N(Cc1cccs1)[C@@H]1CCS(=O)(=O)C1. The van der Waals surface area contributed by atoms with E-state index in [9.17, 15) is 16.8 Å². The Morgan fingerprint density at radius 1 is 1.42 bits per heavy atom. The number of rotatable bonds is 5. The van der Waals surface area contributed by atoms with E-state index in [2.05, 4.69) is 5.16 Å². The normalized spacial score (nSPS) is 20.7. The van der Waals surface area contributed by atoms with Crippen molar-refractivity contribution < 1.29 is 21.4 Å². The lowest BCUT2D eigenvalue weighted by Gasteiger charge is -2.26. The molecule has 0 bridgehead atoms. The third kappa shape index (κ3) is 3.28. The second-order valence-corrected chi connectivity index (χ2v) is 10.9. The van der Waals surface area contributed by atoms with Gasteiger partial charge in [0.05, 0.1) is 11.5 Å². The van der Waals surface area contributed by atoms with Crippen LogP contribution in [-0.4, -0.2) is 43.8 Å². The van der Waals surface area contributed by atoms with Gasteiger partial charge < -0.3 is 4.52 Å². The van der Waals surface area contributed by atoms with Gasteiger partial charge in [0, 0.05) is 17.5 Å². The Morgan fingerprint density at radius 2 is 2.17 bits per heavy atom. The monoisotopic (exact) mass is 390 g/mol. The fourth-order valence-corrected chi connectivity index (χ4v) is 7.47. The van der Waals surface area contributed by atoms with Gasteiger partial charge in [0.25, 0.3) is 0 Å². The lowest BCUT2D eigenvalue weighted by Crippen LogP contribution is -2.40. The van der Waals surface area contributed by atoms with Gasteiger partial charge >= 0.3 is 0 Å². The summed E-state index contributed by atoms with van der Waals surface area (Å²) in [7, 11) is -7.12. The largest absolute Gasteiger partial charge is 0.360 e. The van der Waals surface area contributed by atoms with Crippen molar-refractivity contribution in [1.29, 1.82) is 0 Å². The molecule has 0 N–H and O–H groups in total. The first-order valence-corrected chi connectivity index (χ1v) is 11.5. The molecule has 3 rings (SSSR count). The summed E-state index contributed by atoms with van der Waals surface area (Å²) < 4.78 is 56.4. The van der Waals surface area contributed by atoms with E-state index in [1.807, 2.05) is 17.5 Å². The van der Waals surface area contributed by atoms with E-state index >= 15 is 0 Å². The highest BCUT2D eigenvalue weighted by Crippen LogP contribution is 2.30. The summed E-state index contributed by atoms with van der Waals surface area (Å²) in [5, 5.41) is 5.58. The number of thiophene rings is 1. The molecule has 1 aliphatic heterocycles. The van der Waals surface area contributed by atoms with Crippen LogP contribution >= 0.6 is 11.3 Å². The van der Waals surface area contributed by atoms with E-state index in [-0.39, 0.29) is 34.4 Å². The van der Waals surface area contributed by atoms with Gasteiger partial charge in [0.2, 0.25) is 10.0 Å². The Labute approximate surface area is 145 Å². The molecular formula is C14H18N2O5S3. The molecule has 3 heterocycles. The van der Waals surface area contributed by atoms with Gasteiger partial charge in [-0.2, -0.15) is 4.31 Å². The Kier molecular flexibility index (Phi) is 4.58. The smallest absolute Gasteiger partial charge is 0.249 e. The number of hydrogen-bond donors (Lipinski definition) is 0. The Hall–Kier alpha value is -1.23. The zero-order valence-electron chi connectivity index (χ0n) is 13.3. The minimum absolute atomic E-state index is 0.00965. The molecule has 0 radical (unpaired) electrons. The number of nitrogens with zero attached hydrogens (tertiary/aromatic N) is 2. The molecule has 1 aliphatic rings. The van der Waals surface area contributed by atoms with Crippen molar-refractivity contribution >= 4 is 31.2 Å². The van der Waals surface area contributed by atoms with E-state index in [4.69, 9.17) is 4.52 Å². The van der Waals surface area contributed by atoms with Crippen LogP contribution in [0, 0.1) is 13.8 Å².